The Kier molecular flexibility index (Phi) is 4.88. The Labute approximate surface area is 126 Å². The molecule has 9 heteroatoms. The van der Waals surface area contributed by atoms with Gasteiger partial charge in [-0.3, -0.25) is 14.9 Å². The molecule has 4 atom stereocenters. The van der Waals surface area contributed by atoms with Crippen LogP contribution in [0.15, 0.2) is 18.3 Å². The lowest BCUT2D eigenvalue weighted by molar-refractivity contribution is -0.384. The van der Waals surface area contributed by atoms with Crippen LogP contribution < -0.4 is 10.6 Å². The van der Waals surface area contributed by atoms with Crippen LogP contribution in [0.1, 0.15) is 13.3 Å². The lowest BCUT2D eigenvalue weighted by atomic mass is 10.0. The van der Waals surface area contributed by atoms with Crippen molar-refractivity contribution < 1.29 is 19.9 Å². The van der Waals surface area contributed by atoms with Crippen molar-refractivity contribution in [3.63, 3.8) is 0 Å². The summed E-state index contributed by atoms with van der Waals surface area (Å²) in [5.41, 5.74) is -0.231. The zero-order valence-corrected chi connectivity index (χ0v) is 12.0. The molecule has 0 aromatic carbocycles. The first kappa shape index (κ1) is 16.1. The summed E-state index contributed by atoms with van der Waals surface area (Å²) in [7, 11) is 0. The van der Waals surface area contributed by atoms with Gasteiger partial charge >= 0.3 is 5.69 Å². The van der Waals surface area contributed by atoms with Gasteiger partial charge in [0.05, 0.1) is 23.0 Å². The molecule has 2 rings (SSSR count). The van der Waals surface area contributed by atoms with Gasteiger partial charge in [0.2, 0.25) is 11.7 Å². The van der Waals surface area contributed by atoms with Crippen molar-refractivity contribution in [3.8, 4) is 0 Å². The first-order valence-electron chi connectivity index (χ1n) is 6.95. The Morgan fingerprint density at radius 1 is 1.50 bits per heavy atom. The van der Waals surface area contributed by atoms with Crippen LogP contribution >= 0.6 is 0 Å². The van der Waals surface area contributed by atoms with Crippen molar-refractivity contribution >= 4 is 17.4 Å². The van der Waals surface area contributed by atoms with Crippen molar-refractivity contribution in [2.24, 2.45) is 5.92 Å². The van der Waals surface area contributed by atoms with Crippen LogP contribution in [0.25, 0.3) is 0 Å². The number of carbonyl (C=O) groups excluding carboxylic acids is 1. The van der Waals surface area contributed by atoms with Gasteiger partial charge in [0.15, 0.2) is 0 Å². The third-order valence-electron chi connectivity index (χ3n) is 3.68. The molecule has 0 aliphatic heterocycles. The molecule has 0 radical (unpaired) electrons. The molecule has 1 saturated carbocycles. The average Bonchev–Trinajstić information content (AvgIpc) is 2.76. The highest BCUT2D eigenvalue weighted by Gasteiger charge is 2.45. The van der Waals surface area contributed by atoms with E-state index >= 15 is 0 Å². The number of aliphatic hydroxyl groups is 2. The van der Waals surface area contributed by atoms with Gasteiger partial charge in [0, 0.05) is 18.8 Å². The van der Waals surface area contributed by atoms with Gasteiger partial charge in [-0.2, -0.15) is 0 Å². The molecule has 1 heterocycles. The number of hydrogen-bond acceptors (Lipinski definition) is 7. The summed E-state index contributed by atoms with van der Waals surface area (Å²) >= 11 is 0. The SMILES string of the molecule is CCNC(=O)[C@@H]1C[C@H](Nc2ncccc2[N+](=O)[O-])[C@@H](O)[C@H]1O. The van der Waals surface area contributed by atoms with Gasteiger partial charge in [-0.05, 0) is 19.4 Å². The summed E-state index contributed by atoms with van der Waals surface area (Å²) in [6.07, 6.45) is -0.906. The Morgan fingerprint density at radius 2 is 2.23 bits per heavy atom. The van der Waals surface area contributed by atoms with Crippen LogP contribution in [0, 0.1) is 16.0 Å². The second-order valence-corrected chi connectivity index (χ2v) is 5.10. The number of hydrogen-bond donors (Lipinski definition) is 4. The Bertz CT molecular complexity index is 567. The Morgan fingerprint density at radius 3 is 2.86 bits per heavy atom. The van der Waals surface area contributed by atoms with Crippen molar-refractivity contribution in [1.29, 1.82) is 0 Å². The Hall–Kier alpha value is -2.26. The van der Waals surface area contributed by atoms with Gasteiger partial charge in [-0.15, -0.1) is 0 Å². The molecule has 0 unspecified atom stereocenters. The van der Waals surface area contributed by atoms with Crippen molar-refractivity contribution in [2.75, 3.05) is 11.9 Å². The predicted molar refractivity (Wildman–Crippen MR) is 77.1 cm³/mol. The first-order chi connectivity index (χ1) is 10.5. The van der Waals surface area contributed by atoms with Gasteiger partial charge in [0.25, 0.3) is 0 Å². The zero-order valence-electron chi connectivity index (χ0n) is 12.0. The van der Waals surface area contributed by atoms with E-state index in [9.17, 15) is 25.1 Å². The molecule has 1 aromatic rings. The summed E-state index contributed by atoms with van der Waals surface area (Å²) in [6, 6.07) is 2.02. The number of aliphatic hydroxyl groups excluding tert-OH is 2. The Balaban J connectivity index is 2.14. The fraction of sp³-hybridized carbons (Fsp3) is 0.538. The van der Waals surface area contributed by atoms with Crippen molar-refractivity contribution in [2.45, 2.75) is 31.6 Å². The van der Waals surface area contributed by atoms with E-state index in [2.05, 4.69) is 15.6 Å². The molecule has 1 aromatic heterocycles. The maximum absolute atomic E-state index is 11.8. The number of carbonyl (C=O) groups is 1. The highest BCUT2D eigenvalue weighted by Crippen LogP contribution is 2.31. The molecule has 1 fully saturated rings. The minimum atomic E-state index is -1.23. The molecule has 0 bridgehead atoms. The summed E-state index contributed by atoms with van der Waals surface area (Å²) in [6.45, 7) is 2.17. The quantitative estimate of drug-likeness (QED) is 0.430. The van der Waals surface area contributed by atoms with Crippen LogP contribution in [0.4, 0.5) is 11.5 Å². The van der Waals surface area contributed by atoms with Gasteiger partial charge in [0.1, 0.15) is 6.10 Å². The topological polar surface area (TPSA) is 138 Å². The minimum absolute atomic E-state index is 0.000277. The monoisotopic (exact) mass is 310 g/mol. The lowest BCUT2D eigenvalue weighted by Gasteiger charge is -2.18. The largest absolute Gasteiger partial charge is 0.390 e. The van der Waals surface area contributed by atoms with Crippen LogP contribution in [0.5, 0.6) is 0 Å². The van der Waals surface area contributed by atoms with E-state index in [0.717, 1.165) is 0 Å². The number of rotatable bonds is 5. The van der Waals surface area contributed by atoms with Crippen LogP contribution in [0.3, 0.4) is 0 Å². The van der Waals surface area contributed by atoms with E-state index in [-0.39, 0.29) is 23.8 Å². The van der Waals surface area contributed by atoms with Crippen molar-refractivity contribution in [3.05, 3.63) is 28.4 Å². The molecule has 9 nitrogen and oxygen atoms in total. The van der Waals surface area contributed by atoms with Crippen molar-refractivity contribution in [1.82, 2.24) is 10.3 Å². The number of nitrogens with one attached hydrogen (secondary N) is 2. The van der Waals surface area contributed by atoms with E-state index in [1.807, 2.05) is 0 Å². The number of pyridine rings is 1. The first-order valence-corrected chi connectivity index (χ1v) is 6.95. The predicted octanol–water partition coefficient (Wildman–Crippen LogP) is -0.352. The summed E-state index contributed by atoms with van der Waals surface area (Å²) in [5, 5.41) is 36.3. The molecule has 0 saturated heterocycles. The second-order valence-electron chi connectivity index (χ2n) is 5.10. The van der Waals surface area contributed by atoms with Crippen LogP contribution in [0.2, 0.25) is 0 Å². The molecule has 120 valence electrons. The summed E-state index contributed by atoms with van der Waals surface area (Å²) < 4.78 is 0. The number of amides is 1. The van der Waals surface area contributed by atoms with E-state index in [0.29, 0.717) is 6.54 Å². The van der Waals surface area contributed by atoms with Gasteiger partial charge < -0.3 is 20.8 Å². The number of nitro groups is 1. The zero-order chi connectivity index (χ0) is 16.3. The highest BCUT2D eigenvalue weighted by atomic mass is 16.6. The van der Waals surface area contributed by atoms with E-state index in [1.54, 1.807) is 6.92 Å². The highest BCUT2D eigenvalue weighted by molar-refractivity contribution is 5.80. The third kappa shape index (κ3) is 3.15. The maximum atomic E-state index is 11.8. The molecule has 1 aliphatic rings. The molecule has 1 amide bonds. The number of anilines is 1. The molecule has 4 N–H and O–H groups in total. The third-order valence-corrected chi connectivity index (χ3v) is 3.68. The van der Waals surface area contributed by atoms with E-state index in [4.69, 9.17) is 0 Å². The molecule has 0 spiro atoms. The smallest absolute Gasteiger partial charge is 0.311 e. The molecular formula is C13H18N4O5. The van der Waals surface area contributed by atoms with Crippen LogP contribution in [-0.2, 0) is 4.79 Å². The fourth-order valence-corrected chi connectivity index (χ4v) is 2.57. The summed E-state index contributed by atoms with van der Waals surface area (Å²) in [5.74, 6) is -1.12. The van der Waals surface area contributed by atoms with Gasteiger partial charge in [-0.25, -0.2) is 4.98 Å². The molecular weight excluding hydrogens is 292 g/mol. The maximum Gasteiger partial charge on any atom is 0.311 e. The summed E-state index contributed by atoms with van der Waals surface area (Å²) in [4.78, 5) is 26.1. The number of nitrogens with zero attached hydrogens (tertiary/aromatic N) is 2. The standard InChI is InChI=1S/C13H18N4O5/c1-2-14-13(20)7-6-8(11(19)10(7)18)16-12-9(17(21)22)4-3-5-15-12/h3-5,7-8,10-11,18-19H,2,6H2,1H3,(H,14,20)(H,15,16)/t7-,8+,10+,11-/m1/s1. The van der Waals surface area contributed by atoms with E-state index in [1.165, 1.54) is 18.3 Å². The van der Waals surface area contributed by atoms with E-state index < -0.39 is 29.1 Å². The second kappa shape index (κ2) is 6.67. The molecule has 1 aliphatic carbocycles. The fourth-order valence-electron chi connectivity index (χ4n) is 2.57. The van der Waals surface area contributed by atoms with Crippen LogP contribution in [-0.4, -0.2) is 50.8 Å². The average molecular weight is 310 g/mol. The lowest BCUT2D eigenvalue weighted by Crippen LogP contribution is -2.39. The number of aromatic nitrogens is 1. The van der Waals surface area contributed by atoms with Gasteiger partial charge in [-0.1, -0.05) is 0 Å². The molecule has 22 heavy (non-hydrogen) atoms. The normalized spacial score (nSPS) is 27.4. The minimum Gasteiger partial charge on any atom is -0.390 e.